The number of hydrogen-bond donors (Lipinski definition) is 1. The highest BCUT2D eigenvalue weighted by molar-refractivity contribution is 14.1. The molecule has 0 saturated carbocycles. The molecule has 1 heterocycles. The second-order valence-electron chi connectivity index (χ2n) is 8.06. The van der Waals surface area contributed by atoms with Crippen LogP contribution < -0.4 is 9.46 Å². The van der Waals surface area contributed by atoms with Crippen molar-refractivity contribution < 1.29 is 17.9 Å². The molecule has 0 atom stereocenters. The zero-order chi connectivity index (χ0) is 22.8. The van der Waals surface area contributed by atoms with Gasteiger partial charge in [0.1, 0.15) is 10.6 Å². The largest absolute Gasteiger partial charge is 0.495 e. The van der Waals surface area contributed by atoms with Crippen molar-refractivity contribution in [1.82, 2.24) is 14.5 Å². The third-order valence-corrected chi connectivity index (χ3v) is 7.11. The lowest BCUT2D eigenvalue weighted by Crippen LogP contribution is -2.31. The topological polar surface area (TPSA) is 90.3 Å². The number of amides is 1. The Kier molecular flexibility index (Phi) is 6.75. The number of rotatable bonds is 6. The number of halogens is 1. The smallest absolute Gasteiger partial charge is 0.268 e. The van der Waals surface area contributed by atoms with Crippen molar-refractivity contribution in [2.24, 2.45) is 0 Å². The first-order chi connectivity index (χ1) is 14.5. The number of benzene rings is 2. The summed E-state index contributed by atoms with van der Waals surface area (Å²) in [5.74, 6) is -0.524. The molecule has 0 bridgehead atoms. The highest BCUT2D eigenvalue weighted by Crippen LogP contribution is 2.31. The van der Waals surface area contributed by atoms with Crippen molar-refractivity contribution in [2.45, 2.75) is 37.6 Å². The number of methoxy groups -OCH3 is 1. The van der Waals surface area contributed by atoms with E-state index in [1.165, 1.54) is 7.11 Å². The van der Waals surface area contributed by atoms with Gasteiger partial charge in [-0.2, -0.15) is 5.10 Å². The molecule has 0 spiro atoms. The quantitative estimate of drug-likeness (QED) is 0.467. The van der Waals surface area contributed by atoms with E-state index in [0.29, 0.717) is 6.54 Å². The summed E-state index contributed by atoms with van der Waals surface area (Å²) in [4.78, 5) is 12.7. The summed E-state index contributed by atoms with van der Waals surface area (Å²) in [6.45, 7) is 6.51. The van der Waals surface area contributed by atoms with Crippen LogP contribution >= 0.6 is 22.6 Å². The van der Waals surface area contributed by atoms with Crippen molar-refractivity contribution in [3.63, 3.8) is 0 Å². The van der Waals surface area contributed by atoms with Gasteiger partial charge in [0.15, 0.2) is 0 Å². The SMILES string of the molecule is COc1ccc(C(C)(C)C)cc1S(=O)(=O)NC(=O)c1ccc(Cn2cccn2)c(I)c1. The van der Waals surface area contributed by atoms with Crippen LogP contribution in [0.5, 0.6) is 5.75 Å². The number of carbonyl (C=O) groups excluding carboxylic acids is 1. The van der Waals surface area contributed by atoms with Gasteiger partial charge in [0.2, 0.25) is 0 Å². The van der Waals surface area contributed by atoms with Crippen molar-refractivity contribution in [3.05, 3.63) is 75.1 Å². The molecule has 0 fully saturated rings. The van der Waals surface area contributed by atoms with E-state index in [1.54, 1.807) is 41.2 Å². The second-order valence-corrected chi connectivity index (χ2v) is 10.9. The van der Waals surface area contributed by atoms with Gasteiger partial charge < -0.3 is 4.74 Å². The molecule has 1 N–H and O–H groups in total. The van der Waals surface area contributed by atoms with Gasteiger partial charge in [0.05, 0.1) is 13.7 Å². The van der Waals surface area contributed by atoms with Gasteiger partial charge in [0.25, 0.3) is 15.9 Å². The molecule has 7 nitrogen and oxygen atoms in total. The molecule has 0 radical (unpaired) electrons. The average molecular weight is 553 g/mol. The van der Waals surface area contributed by atoms with Crippen LogP contribution in [0.3, 0.4) is 0 Å². The Bertz CT molecular complexity index is 1200. The van der Waals surface area contributed by atoms with Crippen LogP contribution in [0, 0.1) is 3.57 Å². The van der Waals surface area contributed by atoms with E-state index >= 15 is 0 Å². The van der Waals surface area contributed by atoms with Gasteiger partial charge in [-0.15, -0.1) is 0 Å². The predicted molar refractivity (Wildman–Crippen MR) is 127 cm³/mol. The molecule has 31 heavy (non-hydrogen) atoms. The van der Waals surface area contributed by atoms with E-state index in [-0.39, 0.29) is 21.6 Å². The highest BCUT2D eigenvalue weighted by atomic mass is 127. The Labute approximate surface area is 196 Å². The minimum atomic E-state index is -4.14. The Balaban J connectivity index is 1.86. The van der Waals surface area contributed by atoms with Crippen LogP contribution in [0.15, 0.2) is 59.8 Å². The summed E-state index contributed by atoms with van der Waals surface area (Å²) in [7, 11) is -2.74. The van der Waals surface area contributed by atoms with E-state index in [1.807, 2.05) is 39.1 Å². The van der Waals surface area contributed by atoms with E-state index in [4.69, 9.17) is 4.74 Å². The maximum absolute atomic E-state index is 13.0. The minimum Gasteiger partial charge on any atom is -0.495 e. The van der Waals surface area contributed by atoms with Crippen molar-refractivity contribution >= 4 is 38.5 Å². The average Bonchev–Trinajstić information content (AvgIpc) is 3.21. The van der Waals surface area contributed by atoms with Crippen LogP contribution in [0.2, 0.25) is 0 Å². The molecule has 0 aliphatic heterocycles. The summed E-state index contributed by atoms with van der Waals surface area (Å²) < 4.78 is 36.0. The second kappa shape index (κ2) is 8.99. The molecular formula is C22H24IN3O4S. The van der Waals surface area contributed by atoms with Crippen molar-refractivity contribution in [2.75, 3.05) is 7.11 Å². The fraction of sp³-hybridized carbons (Fsp3) is 0.273. The van der Waals surface area contributed by atoms with Crippen LogP contribution in [0.25, 0.3) is 0 Å². The zero-order valence-corrected chi connectivity index (χ0v) is 20.7. The Morgan fingerprint density at radius 2 is 1.94 bits per heavy atom. The third kappa shape index (κ3) is 5.45. The van der Waals surface area contributed by atoms with Crippen molar-refractivity contribution in [3.8, 4) is 5.75 Å². The first-order valence-electron chi connectivity index (χ1n) is 9.53. The molecule has 1 aromatic heterocycles. The molecule has 1 amide bonds. The minimum absolute atomic E-state index is 0.0687. The highest BCUT2D eigenvalue weighted by Gasteiger charge is 2.26. The standard InChI is InChI=1S/C22H24IN3O4S/c1-22(2,3)17-8-9-19(30-4)20(13-17)31(28,29)25-21(27)15-6-7-16(18(23)12-15)14-26-11-5-10-24-26/h5-13H,14H2,1-4H3,(H,25,27). The molecule has 0 unspecified atom stereocenters. The molecule has 0 aliphatic carbocycles. The molecule has 0 saturated heterocycles. The number of ether oxygens (including phenoxy) is 1. The Morgan fingerprint density at radius 3 is 2.52 bits per heavy atom. The van der Waals surface area contributed by atoms with Gasteiger partial charge in [-0.1, -0.05) is 32.9 Å². The number of nitrogens with one attached hydrogen (secondary N) is 1. The Morgan fingerprint density at radius 1 is 1.19 bits per heavy atom. The molecular weight excluding hydrogens is 529 g/mol. The fourth-order valence-corrected chi connectivity index (χ4v) is 4.83. The van der Waals surface area contributed by atoms with Gasteiger partial charge in [-0.05, 0) is 69.5 Å². The summed E-state index contributed by atoms with van der Waals surface area (Å²) >= 11 is 2.13. The lowest BCUT2D eigenvalue weighted by atomic mass is 9.87. The lowest BCUT2D eigenvalue weighted by Gasteiger charge is -2.21. The first kappa shape index (κ1) is 23.3. The normalized spacial score (nSPS) is 11.9. The van der Waals surface area contributed by atoms with Crippen LogP contribution in [0.1, 0.15) is 42.3 Å². The molecule has 0 aliphatic rings. The summed E-state index contributed by atoms with van der Waals surface area (Å²) in [5.41, 5.74) is 1.78. The number of hydrogen-bond acceptors (Lipinski definition) is 5. The fourth-order valence-electron chi connectivity index (χ4n) is 2.97. The van der Waals surface area contributed by atoms with E-state index in [9.17, 15) is 13.2 Å². The van der Waals surface area contributed by atoms with Crippen LogP contribution in [-0.2, 0) is 22.0 Å². The van der Waals surface area contributed by atoms with Gasteiger partial charge in [-0.3, -0.25) is 9.48 Å². The number of carbonyl (C=O) groups is 1. The van der Waals surface area contributed by atoms with E-state index in [0.717, 1.165) is 14.7 Å². The van der Waals surface area contributed by atoms with Gasteiger partial charge in [-0.25, -0.2) is 13.1 Å². The Hall–Kier alpha value is -2.40. The monoisotopic (exact) mass is 553 g/mol. The lowest BCUT2D eigenvalue weighted by molar-refractivity contribution is 0.0981. The third-order valence-electron chi connectivity index (χ3n) is 4.75. The zero-order valence-electron chi connectivity index (χ0n) is 17.7. The van der Waals surface area contributed by atoms with Gasteiger partial charge >= 0.3 is 0 Å². The summed E-state index contributed by atoms with van der Waals surface area (Å²) in [6.07, 6.45) is 3.55. The van der Waals surface area contributed by atoms with E-state index in [2.05, 4.69) is 32.4 Å². The molecule has 9 heteroatoms. The van der Waals surface area contributed by atoms with Crippen LogP contribution in [0.4, 0.5) is 0 Å². The predicted octanol–water partition coefficient (Wildman–Crippen LogP) is 3.96. The van der Waals surface area contributed by atoms with Crippen molar-refractivity contribution in [1.29, 1.82) is 0 Å². The van der Waals surface area contributed by atoms with E-state index < -0.39 is 15.9 Å². The maximum atomic E-state index is 13.0. The first-order valence-corrected chi connectivity index (χ1v) is 12.1. The number of nitrogens with zero attached hydrogens (tertiary/aromatic N) is 2. The number of sulfonamides is 1. The van der Waals surface area contributed by atoms with Crippen LogP contribution in [-0.4, -0.2) is 31.2 Å². The molecule has 3 aromatic rings. The maximum Gasteiger partial charge on any atom is 0.268 e. The molecule has 164 valence electrons. The molecule has 2 aromatic carbocycles. The molecule has 3 rings (SSSR count). The summed E-state index contributed by atoms with van der Waals surface area (Å²) in [6, 6.07) is 11.9. The number of aromatic nitrogens is 2. The van der Waals surface area contributed by atoms with Gasteiger partial charge in [0, 0.05) is 21.5 Å². The summed E-state index contributed by atoms with van der Waals surface area (Å²) in [5, 5.41) is 4.18.